The molecule has 0 spiro atoms. The maximum absolute atomic E-state index is 13.4. The molecule has 5 rings (SSSR count). The van der Waals surface area contributed by atoms with Gasteiger partial charge in [-0.3, -0.25) is 9.69 Å². The molecule has 3 aromatic carbocycles. The molecule has 0 radical (unpaired) electrons. The zero-order valence-electron chi connectivity index (χ0n) is 21.6. The molecule has 196 valence electrons. The van der Waals surface area contributed by atoms with Gasteiger partial charge < -0.3 is 15.3 Å². The second-order valence-electron chi connectivity index (χ2n) is 9.71. The molecule has 1 aromatic heterocycles. The number of nitrogens with one attached hydrogen (secondary N) is 1. The number of rotatable bonds is 7. The summed E-state index contributed by atoms with van der Waals surface area (Å²) in [5, 5.41) is 17.0. The molecule has 1 atom stereocenters. The van der Waals surface area contributed by atoms with Gasteiger partial charge in [-0.25, -0.2) is 14.0 Å². The summed E-state index contributed by atoms with van der Waals surface area (Å²) in [6.45, 7) is 6.78. The number of aromatic hydroxyl groups is 1. The monoisotopic (exact) mass is 512 g/mol. The Morgan fingerprint density at radius 3 is 2.21 bits per heavy atom. The van der Waals surface area contributed by atoms with Crippen LogP contribution in [-0.2, 0) is 4.79 Å². The third kappa shape index (κ3) is 5.33. The highest BCUT2D eigenvalue weighted by Crippen LogP contribution is 2.27. The van der Waals surface area contributed by atoms with Crippen LogP contribution in [0, 0.1) is 0 Å². The molecule has 1 fully saturated rings. The molecule has 2 heterocycles. The van der Waals surface area contributed by atoms with Gasteiger partial charge in [-0.15, -0.1) is 0 Å². The lowest BCUT2D eigenvalue weighted by Gasteiger charge is -2.39. The average molecular weight is 513 g/mol. The Kier molecular flexibility index (Phi) is 7.28. The van der Waals surface area contributed by atoms with Gasteiger partial charge in [-0.05, 0) is 55.8 Å². The Morgan fingerprint density at radius 2 is 1.58 bits per heavy atom. The minimum Gasteiger partial charge on any atom is -0.508 e. The summed E-state index contributed by atoms with van der Waals surface area (Å²) >= 11 is 0. The smallest absolute Gasteiger partial charge is 0.350 e. The maximum Gasteiger partial charge on any atom is 0.350 e. The standard InChI is InChI=1S/C29H32N6O3/c1-21(2)35-29(38)34(20-30-35)25-13-11-24(12-14-25)32-15-17-33(18-16-32)27(22-7-4-3-5-8-22)28(37)31-23-9-6-10-26(36)19-23/h3-14,19-21,27,36H,15-18H2,1-2H3,(H,31,37). The Morgan fingerprint density at radius 1 is 0.895 bits per heavy atom. The number of piperazine rings is 1. The van der Waals surface area contributed by atoms with Crippen molar-refractivity contribution in [2.24, 2.45) is 0 Å². The van der Waals surface area contributed by atoms with E-state index in [0.29, 0.717) is 18.8 Å². The number of benzene rings is 3. The van der Waals surface area contributed by atoms with E-state index < -0.39 is 6.04 Å². The van der Waals surface area contributed by atoms with Crippen LogP contribution in [0.4, 0.5) is 11.4 Å². The molecule has 0 saturated carbocycles. The van der Waals surface area contributed by atoms with Crippen molar-refractivity contribution < 1.29 is 9.90 Å². The highest BCUT2D eigenvalue weighted by Gasteiger charge is 2.30. The molecule has 1 aliphatic rings. The van der Waals surface area contributed by atoms with Crippen molar-refractivity contribution in [2.45, 2.75) is 25.9 Å². The van der Waals surface area contributed by atoms with Crippen LogP contribution in [-0.4, -0.2) is 56.4 Å². The van der Waals surface area contributed by atoms with Crippen LogP contribution in [0.15, 0.2) is 90.0 Å². The molecule has 2 N–H and O–H groups in total. The Bertz CT molecular complexity index is 1440. The molecular formula is C29H32N6O3. The first kappa shape index (κ1) is 25.3. The molecule has 38 heavy (non-hydrogen) atoms. The number of aromatic nitrogens is 3. The molecule has 1 unspecified atom stereocenters. The quantitative estimate of drug-likeness (QED) is 0.391. The largest absolute Gasteiger partial charge is 0.508 e. The van der Waals surface area contributed by atoms with Crippen LogP contribution >= 0.6 is 0 Å². The van der Waals surface area contributed by atoms with E-state index in [-0.39, 0.29) is 23.4 Å². The molecule has 9 heteroatoms. The number of phenols is 1. The van der Waals surface area contributed by atoms with Crippen LogP contribution in [0.5, 0.6) is 5.75 Å². The summed E-state index contributed by atoms with van der Waals surface area (Å²) in [6.07, 6.45) is 1.56. The number of anilines is 2. The van der Waals surface area contributed by atoms with Crippen LogP contribution in [0.2, 0.25) is 0 Å². The molecule has 0 aliphatic carbocycles. The first-order chi connectivity index (χ1) is 18.4. The second-order valence-corrected chi connectivity index (χ2v) is 9.71. The normalized spacial score (nSPS) is 15.0. The highest BCUT2D eigenvalue weighted by molar-refractivity contribution is 5.95. The van der Waals surface area contributed by atoms with E-state index in [1.54, 1.807) is 35.2 Å². The highest BCUT2D eigenvalue weighted by atomic mass is 16.3. The average Bonchev–Trinajstić information content (AvgIpc) is 3.31. The summed E-state index contributed by atoms with van der Waals surface area (Å²) in [5.74, 6) is -0.0238. The number of nitrogens with zero attached hydrogens (tertiary/aromatic N) is 5. The van der Waals surface area contributed by atoms with Crippen LogP contribution in [0.3, 0.4) is 0 Å². The van der Waals surface area contributed by atoms with Gasteiger partial charge in [0.05, 0.1) is 11.7 Å². The summed E-state index contributed by atoms with van der Waals surface area (Å²) in [4.78, 5) is 30.5. The predicted octanol–water partition coefficient (Wildman–Crippen LogP) is 3.82. The van der Waals surface area contributed by atoms with E-state index in [1.165, 1.54) is 4.68 Å². The minimum atomic E-state index is -0.451. The minimum absolute atomic E-state index is 0.000885. The molecule has 0 bridgehead atoms. The van der Waals surface area contributed by atoms with E-state index in [0.717, 1.165) is 30.0 Å². The SMILES string of the molecule is CC(C)n1ncn(-c2ccc(N3CCN(C(C(=O)Nc4cccc(O)c4)c4ccccc4)CC3)cc2)c1=O. The summed E-state index contributed by atoms with van der Waals surface area (Å²) < 4.78 is 3.02. The first-order valence-electron chi connectivity index (χ1n) is 12.8. The zero-order chi connectivity index (χ0) is 26.6. The summed E-state index contributed by atoms with van der Waals surface area (Å²) in [7, 11) is 0. The van der Waals surface area contributed by atoms with E-state index in [1.807, 2.05) is 68.4 Å². The van der Waals surface area contributed by atoms with Crippen molar-refractivity contribution >= 4 is 17.3 Å². The van der Waals surface area contributed by atoms with Crippen LogP contribution in [0.25, 0.3) is 5.69 Å². The fourth-order valence-electron chi connectivity index (χ4n) is 4.87. The molecule has 1 aliphatic heterocycles. The number of carbonyl (C=O) groups is 1. The predicted molar refractivity (Wildman–Crippen MR) is 148 cm³/mol. The van der Waals surface area contributed by atoms with Crippen LogP contribution in [0.1, 0.15) is 31.5 Å². The Balaban J connectivity index is 1.29. The lowest BCUT2D eigenvalue weighted by molar-refractivity contribution is -0.121. The van der Waals surface area contributed by atoms with Crippen molar-refractivity contribution in [1.82, 2.24) is 19.2 Å². The van der Waals surface area contributed by atoms with Gasteiger partial charge in [0.15, 0.2) is 0 Å². The number of hydrogen-bond acceptors (Lipinski definition) is 6. The van der Waals surface area contributed by atoms with E-state index in [9.17, 15) is 14.7 Å². The number of amides is 1. The van der Waals surface area contributed by atoms with Gasteiger partial charge in [-0.1, -0.05) is 36.4 Å². The fraction of sp³-hybridized carbons (Fsp3) is 0.276. The van der Waals surface area contributed by atoms with Gasteiger partial charge in [0.1, 0.15) is 18.1 Å². The molecular weight excluding hydrogens is 480 g/mol. The molecule has 9 nitrogen and oxygen atoms in total. The first-order valence-corrected chi connectivity index (χ1v) is 12.8. The lowest BCUT2D eigenvalue weighted by Crippen LogP contribution is -2.50. The van der Waals surface area contributed by atoms with Gasteiger partial charge in [0, 0.05) is 43.6 Å². The van der Waals surface area contributed by atoms with Crippen molar-refractivity contribution in [1.29, 1.82) is 0 Å². The number of carbonyl (C=O) groups excluding carboxylic acids is 1. The molecule has 4 aromatic rings. The summed E-state index contributed by atoms with van der Waals surface area (Å²) in [5.41, 5.74) is 3.18. The van der Waals surface area contributed by atoms with Crippen LogP contribution < -0.4 is 15.9 Å². The van der Waals surface area contributed by atoms with Crippen molar-refractivity contribution in [2.75, 3.05) is 36.4 Å². The fourth-order valence-corrected chi connectivity index (χ4v) is 4.87. The Hall–Kier alpha value is -4.37. The van der Waals surface area contributed by atoms with Gasteiger partial charge >= 0.3 is 5.69 Å². The van der Waals surface area contributed by atoms with E-state index in [2.05, 4.69) is 20.2 Å². The van der Waals surface area contributed by atoms with Crippen molar-refractivity contribution in [3.8, 4) is 11.4 Å². The lowest BCUT2D eigenvalue weighted by atomic mass is 10.0. The summed E-state index contributed by atoms with van der Waals surface area (Å²) in [6, 6.07) is 23.8. The number of phenolic OH excluding ortho intramolecular Hbond substituents is 1. The third-order valence-corrected chi connectivity index (χ3v) is 6.83. The van der Waals surface area contributed by atoms with Gasteiger partial charge in [-0.2, -0.15) is 5.10 Å². The van der Waals surface area contributed by atoms with Gasteiger partial charge in [0.2, 0.25) is 5.91 Å². The van der Waals surface area contributed by atoms with Gasteiger partial charge in [0.25, 0.3) is 0 Å². The maximum atomic E-state index is 13.4. The number of hydrogen-bond donors (Lipinski definition) is 2. The zero-order valence-corrected chi connectivity index (χ0v) is 21.6. The van der Waals surface area contributed by atoms with Crippen molar-refractivity contribution in [3.05, 3.63) is 101 Å². The topological polar surface area (TPSA) is 95.6 Å². The van der Waals surface area contributed by atoms with E-state index >= 15 is 0 Å². The second kappa shape index (κ2) is 10.9. The molecule has 1 amide bonds. The van der Waals surface area contributed by atoms with E-state index in [4.69, 9.17) is 0 Å². The third-order valence-electron chi connectivity index (χ3n) is 6.83. The van der Waals surface area contributed by atoms with Crippen molar-refractivity contribution in [3.63, 3.8) is 0 Å². The Labute approximate surface area is 221 Å². The molecule has 1 saturated heterocycles.